The molecule has 2 aromatic rings. The van der Waals surface area contributed by atoms with Crippen molar-refractivity contribution in [1.29, 1.82) is 0 Å². The molecule has 0 spiro atoms. The average Bonchev–Trinajstić information content (AvgIpc) is 2.83. The molecule has 4 rings (SSSR count). The van der Waals surface area contributed by atoms with Crippen molar-refractivity contribution in [2.24, 2.45) is 0 Å². The summed E-state index contributed by atoms with van der Waals surface area (Å²) in [7, 11) is 0. The van der Waals surface area contributed by atoms with Gasteiger partial charge in [0, 0.05) is 6.54 Å². The largest absolute Gasteiger partial charge is 0.299 e. The molecule has 1 heteroatoms. The van der Waals surface area contributed by atoms with E-state index in [1.54, 1.807) is 5.56 Å². The van der Waals surface area contributed by atoms with Gasteiger partial charge < -0.3 is 0 Å². The first-order valence-electron chi connectivity index (χ1n) is 9.37. The van der Waals surface area contributed by atoms with Gasteiger partial charge in [-0.1, -0.05) is 55.1 Å². The van der Waals surface area contributed by atoms with Crippen molar-refractivity contribution >= 4 is 5.57 Å². The zero-order valence-electron chi connectivity index (χ0n) is 14.5. The van der Waals surface area contributed by atoms with E-state index in [9.17, 15) is 0 Å². The monoisotopic (exact) mass is 317 g/mol. The maximum absolute atomic E-state index is 4.20. The summed E-state index contributed by atoms with van der Waals surface area (Å²) in [6.45, 7) is 7.73. The molecule has 0 aromatic heterocycles. The van der Waals surface area contributed by atoms with E-state index < -0.39 is 0 Å². The molecular formula is C23H27N. The molecule has 24 heavy (non-hydrogen) atoms. The van der Waals surface area contributed by atoms with Crippen molar-refractivity contribution in [2.75, 3.05) is 13.1 Å². The number of nitrogens with zero attached hydrogens (tertiary/aromatic N) is 1. The van der Waals surface area contributed by atoms with Crippen LogP contribution in [0.4, 0.5) is 0 Å². The number of rotatable bonds is 3. The second kappa shape index (κ2) is 6.94. The molecule has 1 atom stereocenters. The summed E-state index contributed by atoms with van der Waals surface area (Å²) in [5, 5.41) is 0. The standard InChI is InChI=1S/C23H27N/c1-18-9-10-22-16-21(11-12-23(18)22)20-8-5-14-24(15-13-20)17-19-6-3-2-4-7-19/h2-4,6-7,11-12,16,20H,1,5,8-10,13-15,17H2. The molecule has 2 aromatic carbocycles. The van der Waals surface area contributed by atoms with Crippen LogP contribution >= 0.6 is 0 Å². The molecule has 1 aliphatic carbocycles. The lowest BCUT2D eigenvalue weighted by Gasteiger charge is -2.20. The highest BCUT2D eigenvalue weighted by Gasteiger charge is 2.21. The highest BCUT2D eigenvalue weighted by atomic mass is 15.1. The molecule has 1 nitrogen and oxygen atoms in total. The number of likely N-dealkylation sites (tertiary alicyclic amines) is 1. The van der Waals surface area contributed by atoms with Gasteiger partial charge in [0.1, 0.15) is 0 Å². The Bertz CT molecular complexity index is 716. The summed E-state index contributed by atoms with van der Waals surface area (Å²) < 4.78 is 0. The highest BCUT2D eigenvalue weighted by Crippen LogP contribution is 2.35. The molecule has 1 aliphatic heterocycles. The van der Waals surface area contributed by atoms with Crippen molar-refractivity contribution in [1.82, 2.24) is 4.90 Å². The third-order valence-corrected chi connectivity index (χ3v) is 5.75. The SMILES string of the molecule is C=C1CCc2cc(C3CCCN(Cc4ccccc4)CC3)ccc21. The minimum absolute atomic E-state index is 0.727. The first-order chi connectivity index (χ1) is 11.8. The smallest absolute Gasteiger partial charge is 0.0233 e. The summed E-state index contributed by atoms with van der Waals surface area (Å²) in [6, 6.07) is 18.1. The van der Waals surface area contributed by atoms with E-state index in [-0.39, 0.29) is 0 Å². The van der Waals surface area contributed by atoms with E-state index in [1.807, 2.05) is 0 Å². The normalized spacial score (nSPS) is 21.5. The quantitative estimate of drug-likeness (QED) is 0.731. The molecule has 1 saturated heterocycles. The molecule has 0 amide bonds. The molecule has 0 bridgehead atoms. The third kappa shape index (κ3) is 3.32. The second-order valence-electron chi connectivity index (χ2n) is 7.41. The van der Waals surface area contributed by atoms with E-state index in [1.165, 1.54) is 61.0 Å². The second-order valence-corrected chi connectivity index (χ2v) is 7.41. The number of aryl methyl sites for hydroxylation is 1. The highest BCUT2D eigenvalue weighted by molar-refractivity contribution is 5.71. The van der Waals surface area contributed by atoms with Gasteiger partial charge in [-0.05, 0) is 78.9 Å². The molecule has 0 radical (unpaired) electrons. The van der Waals surface area contributed by atoms with Crippen LogP contribution in [0.1, 0.15) is 53.9 Å². The van der Waals surface area contributed by atoms with Gasteiger partial charge in [0.25, 0.3) is 0 Å². The number of allylic oxidation sites excluding steroid dienone is 1. The Morgan fingerprint density at radius 1 is 0.958 bits per heavy atom. The van der Waals surface area contributed by atoms with Crippen LogP contribution < -0.4 is 0 Å². The van der Waals surface area contributed by atoms with Crippen LogP contribution in [-0.4, -0.2) is 18.0 Å². The maximum Gasteiger partial charge on any atom is 0.0233 e. The first-order valence-corrected chi connectivity index (χ1v) is 9.37. The zero-order chi connectivity index (χ0) is 16.4. The van der Waals surface area contributed by atoms with Crippen LogP contribution in [-0.2, 0) is 13.0 Å². The van der Waals surface area contributed by atoms with E-state index in [0.717, 1.165) is 18.9 Å². The van der Waals surface area contributed by atoms with Crippen LogP contribution in [0.3, 0.4) is 0 Å². The van der Waals surface area contributed by atoms with Crippen molar-refractivity contribution in [2.45, 2.75) is 44.6 Å². The minimum Gasteiger partial charge on any atom is -0.299 e. The van der Waals surface area contributed by atoms with Crippen molar-refractivity contribution in [3.63, 3.8) is 0 Å². The van der Waals surface area contributed by atoms with Gasteiger partial charge in [-0.3, -0.25) is 4.90 Å². The van der Waals surface area contributed by atoms with Gasteiger partial charge in [-0.15, -0.1) is 0 Å². The maximum atomic E-state index is 4.20. The summed E-state index contributed by atoms with van der Waals surface area (Å²) in [4.78, 5) is 2.63. The predicted molar refractivity (Wildman–Crippen MR) is 102 cm³/mol. The Morgan fingerprint density at radius 2 is 1.83 bits per heavy atom. The van der Waals surface area contributed by atoms with Crippen molar-refractivity contribution in [3.8, 4) is 0 Å². The van der Waals surface area contributed by atoms with E-state index in [2.05, 4.69) is 60.0 Å². The summed E-state index contributed by atoms with van der Waals surface area (Å²) in [5.74, 6) is 0.727. The number of fused-ring (bicyclic) bond motifs is 1. The predicted octanol–water partition coefficient (Wildman–Crippen LogP) is 5.42. The Kier molecular flexibility index (Phi) is 4.53. The summed E-state index contributed by atoms with van der Waals surface area (Å²) in [5.41, 5.74) is 7.27. The van der Waals surface area contributed by atoms with Crippen LogP contribution in [0.2, 0.25) is 0 Å². The van der Waals surface area contributed by atoms with E-state index >= 15 is 0 Å². The molecule has 0 N–H and O–H groups in total. The number of benzene rings is 2. The number of hydrogen-bond acceptors (Lipinski definition) is 1. The van der Waals surface area contributed by atoms with Gasteiger partial charge in [-0.2, -0.15) is 0 Å². The molecule has 1 fully saturated rings. The van der Waals surface area contributed by atoms with E-state index in [4.69, 9.17) is 0 Å². The summed E-state index contributed by atoms with van der Waals surface area (Å²) >= 11 is 0. The Balaban J connectivity index is 1.42. The van der Waals surface area contributed by atoms with Crippen LogP contribution in [0.25, 0.3) is 5.57 Å². The molecule has 1 heterocycles. The van der Waals surface area contributed by atoms with Gasteiger partial charge in [0.15, 0.2) is 0 Å². The molecule has 0 saturated carbocycles. The first kappa shape index (κ1) is 15.7. The summed E-state index contributed by atoms with van der Waals surface area (Å²) in [6.07, 6.45) is 6.25. The zero-order valence-corrected chi connectivity index (χ0v) is 14.5. The molecule has 1 unspecified atom stereocenters. The Morgan fingerprint density at radius 3 is 2.71 bits per heavy atom. The molecule has 124 valence electrons. The van der Waals surface area contributed by atoms with Crippen LogP contribution in [0.15, 0.2) is 55.1 Å². The third-order valence-electron chi connectivity index (χ3n) is 5.75. The lowest BCUT2D eigenvalue weighted by Crippen LogP contribution is -2.24. The van der Waals surface area contributed by atoms with E-state index in [0.29, 0.717) is 0 Å². The van der Waals surface area contributed by atoms with Crippen LogP contribution in [0.5, 0.6) is 0 Å². The molecule has 2 aliphatic rings. The number of hydrogen-bond donors (Lipinski definition) is 0. The topological polar surface area (TPSA) is 3.24 Å². The Labute approximate surface area is 146 Å². The van der Waals surface area contributed by atoms with Gasteiger partial charge in [0.2, 0.25) is 0 Å². The lowest BCUT2D eigenvalue weighted by molar-refractivity contribution is 0.275. The average molecular weight is 317 g/mol. The lowest BCUT2D eigenvalue weighted by atomic mass is 9.90. The fourth-order valence-electron chi connectivity index (χ4n) is 4.33. The minimum atomic E-state index is 0.727. The fraction of sp³-hybridized carbons (Fsp3) is 0.391. The molecular weight excluding hydrogens is 290 g/mol. The Hall–Kier alpha value is -1.86. The van der Waals surface area contributed by atoms with Gasteiger partial charge >= 0.3 is 0 Å². The van der Waals surface area contributed by atoms with Gasteiger partial charge in [-0.25, -0.2) is 0 Å². The van der Waals surface area contributed by atoms with Gasteiger partial charge in [0.05, 0.1) is 0 Å². The van der Waals surface area contributed by atoms with Crippen molar-refractivity contribution in [3.05, 3.63) is 77.4 Å². The van der Waals surface area contributed by atoms with Crippen molar-refractivity contribution < 1.29 is 0 Å². The van der Waals surface area contributed by atoms with Crippen LogP contribution in [0, 0.1) is 0 Å². The fourth-order valence-corrected chi connectivity index (χ4v) is 4.33.